The van der Waals surface area contributed by atoms with Gasteiger partial charge in [0.15, 0.2) is 0 Å². The minimum Gasteiger partial charge on any atom is -0.481 e. The van der Waals surface area contributed by atoms with E-state index in [0.29, 0.717) is 38.9 Å². The first kappa shape index (κ1) is 21.3. The summed E-state index contributed by atoms with van der Waals surface area (Å²) < 4.78 is 26.5. The van der Waals surface area contributed by atoms with Crippen molar-refractivity contribution >= 4 is 21.9 Å². The minimum absolute atomic E-state index is 0.0287. The van der Waals surface area contributed by atoms with E-state index in [1.807, 2.05) is 0 Å². The number of amides is 1. The Morgan fingerprint density at radius 2 is 1.89 bits per heavy atom. The fraction of sp³-hybridized carbons (Fsp3) is 0.611. The summed E-state index contributed by atoms with van der Waals surface area (Å²) in [5.74, 6) is -0.975. The normalized spacial score (nSPS) is 16.1. The molecule has 1 saturated heterocycles. The number of hydrogen-bond acceptors (Lipinski definition) is 5. The van der Waals surface area contributed by atoms with Gasteiger partial charge >= 0.3 is 5.97 Å². The first-order chi connectivity index (χ1) is 12.9. The van der Waals surface area contributed by atoms with E-state index in [0.717, 1.165) is 19.3 Å². The SMILES string of the molecule is O=C(O)CCCCCCNC(=O)C1CCN(S(=O)(=O)c2cccnc2)CC1. The molecular weight excluding hydrogens is 370 g/mol. The summed E-state index contributed by atoms with van der Waals surface area (Å²) in [5.41, 5.74) is 0. The number of hydrogen-bond donors (Lipinski definition) is 2. The second-order valence-electron chi connectivity index (χ2n) is 6.72. The third kappa shape index (κ3) is 6.59. The van der Waals surface area contributed by atoms with Gasteiger partial charge < -0.3 is 10.4 Å². The lowest BCUT2D eigenvalue weighted by molar-refractivity contribution is -0.137. The Morgan fingerprint density at radius 1 is 1.19 bits per heavy atom. The van der Waals surface area contributed by atoms with E-state index < -0.39 is 16.0 Å². The van der Waals surface area contributed by atoms with Crippen LogP contribution in [0.5, 0.6) is 0 Å². The summed E-state index contributed by atoms with van der Waals surface area (Å²) >= 11 is 0. The Balaban J connectivity index is 1.68. The molecular formula is C18H27N3O5S. The highest BCUT2D eigenvalue weighted by molar-refractivity contribution is 7.89. The van der Waals surface area contributed by atoms with Crippen LogP contribution in [0.3, 0.4) is 0 Å². The Bertz CT molecular complexity index is 716. The van der Waals surface area contributed by atoms with E-state index in [1.165, 1.54) is 22.8 Å². The van der Waals surface area contributed by atoms with Crippen molar-refractivity contribution in [2.45, 2.75) is 49.8 Å². The van der Waals surface area contributed by atoms with Gasteiger partial charge in [0.25, 0.3) is 0 Å². The van der Waals surface area contributed by atoms with Gasteiger partial charge in [-0.1, -0.05) is 12.8 Å². The number of rotatable bonds is 10. The zero-order valence-electron chi connectivity index (χ0n) is 15.3. The number of piperidine rings is 1. The molecule has 0 atom stereocenters. The average molecular weight is 397 g/mol. The zero-order chi connectivity index (χ0) is 19.7. The van der Waals surface area contributed by atoms with E-state index in [2.05, 4.69) is 10.3 Å². The Morgan fingerprint density at radius 3 is 2.52 bits per heavy atom. The van der Waals surface area contributed by atoms with Gasteiger partial charge in [0, 0.05) is 44.4 Å². The number of carboxylic acid groups (broad SMARTS) is 1. The van der Waals surface area contributed by atoms with Crippen LogP contribution < -0.4 is 5.32 Å². The first-order valence-electron chi connectivity index (χ1n) is 9.31. The Kier molecular flexibility index (Phi) is 8.18. The predicted molar refractivity (Wildman–Crippen MR) is 99.5 cm³/mol. The lowest BCUT2D eigenvalue weighted by atomic mass is 9.97. The summed E-state index contributed by atoms with van der Waals surface area (Å²) in [6.45, 7) is 1.22. The summed E-state index contributed by atoms with van der Waals surface area (Å²) in [6.07, 6.45) is 7.27. The molecule has 0 aromatic carbocycles. The number of pyridine rings is 1. The van der Waals surface area contributed by atoms with Gasteiger partial charge in [-0.05, 0) is 37.8 Å². The largest absolute Gasteiger partial charge is 0.481 e. The van der Waals surface area contributed by atoms with Gasteiger partial charge in [-0.3, -0.25) is 14.6 Å². The topological polar surface area (TPSA) is 117 Å². The molecule has 0 spiro atoms. The fourth-order valence-corrected chi connectivity index (χ4v) is 4.55. The van der Waals surface area contributed by atoms with Gasteiger partial charge in [-0.2, -0.15) is 4.31 Å². The molecule has 150 valence electrons. The van der Waals surface area contributed by atoms with Gasteiger partial charge in [-0.15, -0.1) is 0 Å². The van der Waals surface area contributed by atoms with Crippen molar-refractivity contribution in [2.75, 3.05) is 19.6 Å². The summed E-state index contributed by atoms with van der Waals surface area (Å²) in [5, 5.41) is 11.5. The van der Waals surface area contributed by atoms with Crippen molar-refractivity contribution < 1.29 is 23.1 Å². The van der Waals surface area contributed by atoms with E-state index in [9.17, 15) is 18.0 Å². The van der Waals surface area contributed by atoms with Crippen molar-refractivity contribution in [3.05, 3.63) is 24.5 Å². The van der Waals surface area contributed by atoms with Crippen molar-refractivity contribution in [3.8, 4) is 0 Å². The molecule has 9 heteroatoms. The highest BCUT2D eigenvalue weighted by Crippen LogP contribution is 2.23. The van der Waals surface area contributed by atoms with Gasteiger partial charge in [0.2, 0.25) is 15.9 Å². The van der Waals surface area contributed by atoms with Crippen molar-refractivity contribution in [1.82, 2.24) is 14.6 Å². The van der Waals surface area contributed by atoms with Crippen LogP contribution in [0, 0.1) is 5.92 Å². The van der Waals surface area contributed by atoms with Crippen molar-refractivity contribution in [1.29, 1.82) is 0 Å². The quantitative estimate of drug-likeness (QED) is 0.580. The van der Waals surface area contributed by atoms with Crippen molar-refractivity contribution in [3.63, 3.8) is 0 Å². The highest BCUT2D eigenvalue weighted by Gasteiger charge is 2.31. The van der Waals surface area contributed by atoms with Crippen molar-refractivity contribution in [2.24, 2.45) is 5.92 Å². The number of carbonyl (C=O) groups is 2. The number of aromatic nitrogens is 1. The van der Waals surface area contributed by atoms with E-state index in [-0.39, 0.29) is 23.1 Å². The molecule has 1 aromatic heterocycles. The maximum Gasteiger partial charge on any atom is 0.303 e. The molecule has 8 nitrogen and oxygen atoms in total. The van der Waals surface area contributed by atoms with Crippen LogP contribution in [0.1, 0.15) is 44.9 Å². The molecule has 27 heavy (non-hydrogen) atoms. The number of nitrogens with zero attached hydrogens (tertiary/aromatic N) is 2. The fourth-order valence-electron chi connectivity index (χ4n) is 3.12. The minimum atomic E-state index is -3.55. The maximum absolute atomic E-state index is 12.6. The summed E-state index contributed by atoms with van der Waals surface area (Å²) in [4.78, 5) is 26.7. The molecule has 0 aliphatic carbocycles. The molecule has 1 aromatic rings. The van der Waals surface area contributed by atoms with Crippen LogP contribution >= 0.6 is 0 Å². The summed E-state index contributed by atoms with van der Waals surface area (Å²) in [7, 11) is -3.55. The molecule has 0 saturated carbocycles. The lowest BCUT2D eigenvalue weighted by Crippen LogP contribution is -2.43. The highest BCUT2D eigenvalue weighted by atomic mass is 32.2. The van der Waals surface area contributed by atoms with Crippen LogP contribution in [0.4, 0.5) is 0 Å². The van der Waals surface area contributed by atoms with Gasteiger partial charge in [0.05, 0.1) is 0 Å². The monoisotopic (exact) mass is 397 g/mol. The maximum atomic E-state index is 12.6. The van der Waals surface area contributed by atoms with Crippen LogP contribution in [-0.2, 0) is 19.6 Å². The zero-order valence-corrected chi connectivity index (χ0v) is 16.2. The number of carbonyl (C=O) groups excluding carboxylic acids is 1. The molecule has 2 heterocycles. The van der Waals surface area contributed by atoms with Gasteiger partial charge in [-0.25, -0.2) is 8.42 Å². The van der Waals surface area contributed by atoms with E-state index >= 15 is 0 Å². The third-order valence-electron chi connectivity index (χ3n) is 4.71. The molecule has 2 N–H and O–H groups in total. The second-order valence-corrected chi connectivity index (χ2v) is 8.65. The van der Waals surface area contributed by atoms with Crippen LogP contribution in [0.25, 0.3) is 0 Å². The predicted octanol–water partition coefficient (Wildman–Crippen LogP) is 1.63. The molecule has 2 rings (SSSR count). The number of sulfonamides is 1. The number of aliphatic carboxylic acids is 1. The molecule has 1 aliphatic rings. The second kappa shape index (κ2) is 10.4. The molecule has 1 fully saturated rings. The molecule has 0 radical (unpaired) electrons. The molecule has 1 amide bonds. The smallest absolute Gasteiger partial charge is 0.303 e. The van der Waals surface area contributed by atoms with E-state index in [4.69, 9.17) is 5.11 Å². The van der Waals surface area contributed by atoms with Crippen LogP contribution in [-0.4, -0.2) is 54.3 Å². The molecule has 1 aliphatic heterocycles. The summed E-state index contributed by atoms with van der Waals surface area (Å²) in [6, 6.07) is 3.12. The number of carboxylic acids is 1. The third-order valence-corrected chi connectivity index (χ3v) is 6.60. The first-order valence-corrected chi connectivity index (χ1v) is 10.7. The Hall–Kier alpha value is -2.00. The Labute approximate surface area is 160 Å². The van der Waals surface area contributed by atoms with Crippen LogP contribution in [0.15, 0.2) is 29.4 Å². The number of nitrogens with one attached hydrogen (secondary N) is 1. The number of unbranched alkanes of at least 4 members (excludes halogenated alkanes) is 3. The lowest BCUT2D eigenvalue weighted by Gasteiger charge is -2.30. The van der Waals surface area contributed by atoms with E-state index in [1.54, 1.807) is 6.07 Å². The standard InChI is InChI=1S/C18H27N3O5S/c22-17(23)7-3-1-2-4-11-20-18(24)15-8-12-21(13-9-15)27(25,26)16-6-5-10-19-14-16/h5-6,10,14-15H,1-4,7-9,11-13H2,(H,20,24)(H,22,23). The molecule has 0 unspecified atom stereocenters. The van der Waals surface area contributed by atoms with Gasteiger partial charge in [0.1, 0.15) is 4.90 Å². The molecule has 0 bridgehead atoms. The van der Waals surface area contributed by atoms with Crippen LogP contribution in [0.2, 0.25) is 0 Å². The average Bonchev–Trinajstić information content (AvgIpc) is 2.67.